The van der Waals surface area contributed by atoms with Gasteiger partial charge in [0.1, 0.15) is 5.69 Å². The van der Waals surface area contributed by atoms with Gasteiger partial charge in [0, 0.05) is 35.6 Å². The monoisotopic (exact) mass is 426 g/mol. The van der Waals surface area contributed by atoms with Gasteiger partial charge in [0.05, 0.1) is 0 Å². The third-order valence-corrected chi connectivity index (χ3v) is 6.08. The van der Waals surface area contributed by atoms with E-state index in [0.29, 0.717) is 18.8 Å². The number of aryl methyl sites for hydroxylation is 2. The standard InChI is InChI=1S/C28H30N2O2/c1-20-12-15-23(16-13-20)19-30-26-11-7-6-10-24(26)25(27(30)28(31)32)18-29-21(2)14-17-22-8-4-3-5-9-22/h3-13,15-16,21,29H,14,17-19H2,1-2H3,(H,31,32). The average Bonchev–Trinajstić information content (AvgIpc) is 3.12. The van der Waals surface area contributed by atoms with Gasteiger partial charge in [0.2, 0.25) is 0 Å². The molecule has 0 aliphatic rings. The summed E-state index contributed by atoms with van der Waals surface area (Å²) in [6.07, 6.45) is 1.99. The highest BCUT2D eigenvalue weighted by Crippen LogP contribution is 2.28. The molecule has 0 bridgehead atoms. The summed E-state index contributed by atoms with van der Waals surface area (Å²) in [5.74, 6) is -0.887. The van der Waals surface area contributed by atoms with Crippen molar-refractivity contribution in [1.29, 1.82) is 0 Å². The summed E-state index contributed by atoms with van der Waals surface area (Å²) in [5, 5.41) is 14.7. The van der Waals surface area contributed by atoms with E-state index in [1.807, 2.05) is 34.9 Å². The van der Waals surface area contributed by atoms with Crippen LogP contribution in [0.5, 0.6) is 0 Å². The highest BCUT2D eigenvalue weighted by molar-refractivity contribution is 5.98. The molecule has 0 fully saturated rings. The highest BCUT2D eigenvalue weighted by Gasteiger charge is 2.22. The molecule has 4 nitrogen and oxygen atoms in total. The molecule has 1 heterocycles. The second kappa shape index (κ2) is 9.84. The summed E-state index contributed by atoms with van der Waals surface area (Å²) >= 11 is 0. The molecule has 0 saturated heterocycles. The van der Waals surface area contributed by atoms with Crippen LogP contribution in [0.2, 0.25) is 0 Å². The van der Waals surface area contributed by atoms with E-state index in [0.717, 1.165) is 34.9 Å². The number of carboxylic acid groups (broad SMARTS) is 1. The van der Waals surface area contributed by atoms with Crippen LogP contribution in [0.25, 0.3) is 10.9 Å². The molecule has 0 aliphatic carbocycles. The number of rotatable bonds is 9. The second-order valence-corrected chi connectivity index (χ2v) is 8.53. The van der Waals surface area contributed by atoms with E-state index >= 15 is 0 Å². The van der Waals surface area contributed by atoms with E-state index in [-0.39, 0.29) is 6.04 Å². The van der Waals surface area contributed by atoms with Gasteiger partial charge in [-0.1, -0.05) is 78.4 Å². The highest BCUT2D eigenvalue weighted by atomic mass is 16.4. The molecule has 0 saturated carbocycles. The van der Waals surface area contributed by atoms with Crippen LogP contribution in [0, 0.1) is 6.92 Å². The number of hydrogen-bond donors (Lipinski definition) is 2. The Balaban J connectivity index is 1.58. The van der Waals surface area contributed by atoms with Crippen molar-refractivity contribution in [3.05, 3.63) is 107 Å². The molecule has 1 atom stereocenters. The molecule has 1 unspecified atom stereocenters. The fraction of sp³-hybridized carbons (Fsp3) is 0.250. The smallest absolute Gasteiger partial charge is 0.352 e. The zero-order chi connectivity index (χ0) is 22.5. The molecule has 4 rings (SSSR count). The minimum atomic E-state index is -0.887. The van der Waals surface area contributed by atoms with Crippen LogP contribution in [-0.4, -0.2) is 21.7 Å². The van der Waals surface area contributed by atoms with E-state index in [1.54, 1.807) is 0 Å². The fourth-order valence-electron chi connectivity index (χ4n) is 4.25. The first-order chi connectivity index (χ1) is 15.5. The van der Waals surface area contributed by atoms with Crippen molar-refractivity contribution < 1.29 is 9.90 Å². The number of carboxylic acids is 1. The molecule has 164 valence electrons. The van der Waals surface area contributed by atoms with E-state index in [2.05, 4.69) is 67.7 Å². The minimum Gasteiger partial charge on any atom is -0.477 e. The summed E-state index contributed by atoms with van der Waals surface area (Å²) < 4.78 is 1.94. The lowest BCUT2D eigenvalue weighted by Gasteiger charge is -2.15. The molecule has 0 spiro atoms. The van der Waals surface area contributed by atoms with Crippen LogP contribution in [0.15, 0.2) is 78.9 Å². The predicted molar refractivity (Wildman–Crippen MR) is 130 cm³/mol. The summed E-state index contributed by atoms with van der Waals surface area (Å²) in [6, 6.07) is 27.0. The van der Waals surface area contributed by atoms with Crippen molar-refractivity contribution in [1.82, 2.24) is 9.88 Å². The van der Waals surface area contributed by atoms with Crippen molar-refractivity contribution in [2.45, 2.75) is 45.8 Å². The van der Waals surface area contributed by atoms with Gasteiger partial charge in [-0.25, -0.2) is 4.79 Å². The number of aromatic nitrogens is 1. The van der Waals surface area contributed by atoms with Crippen molar-refractivity contribution in [2.75, 3.05) is 0 Å². The SMILES string of the molecule is Cc1ccc(Cn2c(C(=O)O)c(CNC(C)CCc3ccccc3)c3ccccc32)cc1. The first-order valence-corrected chi connectivity index (χ1v) is 11.2. The van der Waals surface area contributed by atoms with Crippen LogP contribution < -0.4 is 5.32 Å². The Morgan fingerprint density at radius 1 is 0.938 bits per heavy atom. The Morgan fingerprint density at radius 3 is 2.34 bits per heavy atom. The zero-order valence-corrected chi connectivity index (χ0v) is 18.7. The molecular weight excluding hydrogens is 396 g/mol. The van der Waals surface area contributed by atoms with Crippen LogP contribution in [-0.2, 0) is 19.5 Å². The van der Waals surface area contributed by atoms with Crippen molar-refractivity contribution in [3.63, 3.8) is 0 Å². The molecule has 1 aromatic heterocycles. The van der Waals surface area contributed by atoms with Crippen LogP contribution in [0.4, 0.5) is 0 Å². The number of aromatic carboxylic acids is 1. The number of hydrogen-bond acceptors (Lipinski definition) is 2. The summed E-state index contributed by atoms with van der Waals surface area (Å²) in [5.41, 5.74) is 5.79. The lowest BCUT2D eigenvalue weighted by atomic mass is 10.1. The lowest BCUT2D eigenvalue weighted by Crippen LogP contribution is -2.27. The first kappa shape index (κ1) is 21.8. The largest absolute Gasteiger partial charge is 0.477 e. The molecule has 3 aromatic carbocycles. The zero-order valence-electron chi connectivity index (χ0n) is 18.7. The third-order valence-electron chi connectivity index (χ3n) is 6.08. The number of nitrogens with zero attached hydrogens (tertiary/aromatic N) is 1. The average molecular weight is 427 g/mol. The van der Waals surface area contributed by atoms with Gasteiger partial charge in [-0.2, -0.15) is 0 Å². The number of fused-ring (bicyclic) bond motifs is 1. The maximum absolute atomic E-state index is 12.4. The quantitative estimate of drug-likeness (QED) is 0.355. The molecule has 0 radical (unpaired) electrons. The second-order valence-electron chi connectivity index (χ2n) is 8.53. The Kier molecular flexibility index (Phi) is 6.72. The van der Waals surface area contributed by atoms with Crippen LogP contribution in [0.1, 0.15) is 46.1 Å². The van der Waals surface area contributed by atoms with Gasteiger partial charge in [-0.05, 0) is 43.9 Å². The number of benzene rings is 3. The number of nitrogens with one attached hydrogen (secondary N) is 1. The van der Waals surface area contributed by atoms with E-state index in [1.165, 1.54) is 11.1 Å². The Hall–Kier alpha value is -3.37. The van der Waals surface area contributed by atoms with E-state index < -0.39 is 5.97 Å². The summed E-state index contributed by atoms with van der Waals surface area (Å²) in [6.45, 7) is 5.28. The molecule has 4 heteroatoms. The Labute approximate surface area is 189 Å². The molecular formula is C28H30N2O2. The molecule has 4 aromatic rings. The van der Waals surface area contributed by atoms with Gasteiger partial charge in [-0.15, -0.1) is 0 Å². The van der Waals surface area contributed by atoms with Crippen molar-refractivity contribution >= 4 is 16.9 Å². The van der Waals surface area contributed by atoms with Crippen LogP contribution in [0.3, 0.4) is 0 Å². The fourth-order valence-corrected chi connectivity index (χ4v) is 4.25. The molecule has 0 amide bonds. The summed E-state index contributed by atoms with van der Waals surface area (Å²) in [7, 11) is 0. The molecule has 32 heavy (non-hydrogen) atoms. The van der Waals surface area contributed by atoms with Gasteiger partial charge in [0.15, 0.2) is 0 Å². The van der Waals surface area contributed by atoms with Gasteiger partial charge in [0.25, 0.3) is 0 Å². The van der Waals surface area contributed by atoms with Crippen LogP contribution >= 0.6 is 0 Å². The van der Waals surface area contributed by atoms with E-state index in [4.69, 9.17) is 0 Å². The Morgan fingerprint density at radius 2 is 1.62 bits per heavy atom. The van der Waals surface area contributed by atoms with E-state index in [9.17, 15) is 9.90 Å². The minimum absolute atomic E-state index is 0.274. The predicted octanol–water partition coefficient (Wildman–Crippen LogP) is 5.81. The number of para-hydroxylation sites is 1. The maximum Gasteiger partial charge on any atom is 0.352 e. The normalized spacial score (nSPS) is 12.2. The lowest BCUT2D eigenvalue weighted by molar-refractivity contribution is 0.0684. The maximum atomic E-state index is 12.4. The number of carbonyl (C=O) groups is 1. The Bertz CT molecular complexity index is 1190. The first-order valence-electron chi connectivity index (χ1n) is 11.2. The van der Waals surface area contributed by atoms with Gasteiger partial charge >= 0.3 is 5.97 Å². The third kappa shape index (κ3) is 4.92. The van der Waals surface area contributed by atoms with Gasteiger partial charge < -0.3 is 15.0 Å². The topological polar surface area (TPSA) is 54.3 Å². The van der Waals surface area contributed by atoms with Crippen molar-refractivity contribution in [3.8, 4) is 0 Å². The van der Waals surface area contributed by atoms with Gasteiger partial charge in [-0.3, -0.25) is 0 Å². The molecule has 0 aliphatic heterocycles. The van der Waals surface area contributed by atoms with Crippen molar-refractivity contribution in [2.24, 2.45) is 0 Å². The summed E-state index contributed by atoms with van der Waals surface area (Å²) in [4.78, 5) is 12.4. The molecule has 2 N–H and O–H groups in total.